The first-order valence-corrected chi connectivity index (χ1v) is 5.91. The van der Waals surface area contributed by atoms with Gasteiger partial charge < -0.3 is 0 Å². The Morgan fingerprint density at radius 2 is 2.40 bits per heavy atom. The van der Waals surface area contributed by atoms with Crippen LogP contribution < -0.4 is 0 Å². The molecule has 0 radical (unpaired) electrons. The summed E-state index contributed by atoms with van der Waals surface area (Å²) < 4.78 is 1.13. The highest BCUT2D eigenvalue weighted by molar-refractivity contribution is 9.10. The Bertz CT molecular complexity index is 479. The molecule has 2 aliphatic carbocycles. The summed E-state index contributed by atoms with van der Waals surface area (Å²) in [7, 11) is 0. The van der Waals surface area contributed by atoms with E-state index in [1.165, 1.54) is 11.1 Å². The molecular weight excluding hydrogens is 254 g/mol. The maximum Gasteiger partial charge on any atom is 0.235 e. The predicted molar refractivity (Wildman–Crippen MR) is 60.7 cm³/mol. The van der Waals surface area contributed by atoms with Gasteiger partial charge in [-0.2, -0.15) is 0 Å². The summed E-state index contributed by atoms with van der Waals surface area (Å²) in [6.07, 6.45) is 4.96. The highest BCUT2D eigenvalue weighted by Crippen LogP contribution is 2.58. The van der Waals surface area contributed by atoms with Crippen LogP contribution in [0.2, 0.25) is 0 Å². The fourth-order valence-electron chi connectivity index (χ4n) is 2.82. The summed E-state index contributed by atoms with van der Waals surface area (Å²) in [5.74, 6) is 0. The Kier molecular flexibility index (Phi) is 1.88. The third kappa shape index (κ3) is 1.23. The lowest BCUT2D eigenvalue weighted by Gasteiger charge is -2.08. The zero-order valence-electron chi connectivity index (χ0n) is 8.16. The topological polar surface area (TPSA) is 29.4 Å². The molecule has 3 rings (SSSR count). The molecule has 0 unspecified atom stereocenters. The van der Waals surface area contributed by atoms with E-state index in [1.54, 1.807) is 6.08 Å². The minimum atomic E-state index is 0.188. The van der Waals surface area contributed by atoms with Crippen LogP contribution >= 0.6 is 15.9 Å². The standard InChI is InChI=1S/C12H10BrNO/c13-9-1-2-10-8(5-9)3-4-12(10)6-11(12)14-7-15/h1-2,5,11H,3-4,6H2/t11-,12-/m0/s1. The summed E-state index contributed by atoms with van der Waals surface area (Å²) in [5.41, 5.74) is 3.00. The van der Waals surface area contributed by atoms with Crippen LogP contribution in [0.15, 0.2) is 27.7 Å². The van der Waals surface area contributed by atoms with Crippen LogP contribution in [-0.2, 0) is 16.6 Å². The summed E-state index contributed by atoms with van der Waals surface area (Å²) in [6, 6.07) is 6.63. The SMILES string of the molecule is O=C=N[C@H]1C[C@]12CCc1cc(Br)ccc12. The van der Waals surface area contributed by atoms with Crippen LogP contribution in [0.25, 0.3) is 0 Å². The Morgan fingerprint density at radius 1 is 1.53 bits per heavy atom. The smallest absolute Gasteiger partial charge is 0.211 e. The average molecular weight is 264 g/mol. The van der Waals surface area contributed by atoms with E-state index >= 15 is 0 Å². The monoisotopic (exact) mass is 263 g/mol. The van der Waals surface area contributed by atoms with Gasteiger partial charge in [0.2, 0.25) is 6.08 Å². The van der Waals surface area contributed by atoms with Crippen molar-refractivity contribution in [1.82, 2.24) is 0 Å². The molecule has 1 fully saturated rings. The van der Waals surface area contributed by atoms with E-state index in [-0.39, 0.29) is 11.5 Å². The third-order valence-corrected chi connectivity index (χ3v) is 4.18. The molecule has 0 heterocycles. The molecule has 2 atom stereocenters. The van der Waals surface area contributed by atoms with Crippen molar-refractivity contribution < 1.29 is 4.79 Å². The second-order valence-corrected chi connectivity index (χ2v) is 5.31. The predicted octanol–water partition coefficient (Wildman–Crippen LogP) is 2.74. The summed E-state index contributed by atoms with van der Waals surface area (Å²) >= 11 is 3.48. The van der Waals surface area contributed by atoms with Crippen molar-refractivity contribution in [3.63, 3.8) is 0 Å². The number of rotatable bonds is 1. The number of benzene rings is 1. The van der Waals surface area contributed by atoms with Crippen molar-refractivity contribution in [2.75, 3.05) is 0 Å². The Balaban J connectivity index is 2.03. The normalized spacial score (nSPS) is 31.1. The van der Waals surface area contributed by atoms with Crippen LogP contribution in [0, 0.1) is 0 Å². The van der Waals surface area contributed by atoms with E-state index in [4.69, 9.17) is 0 Å². The van der Waals surface area contributed by atoms with Crippen molar-refractivity contribution >= 4 is 22.0 Å². The van der Waals surface area contributed by atoms with Crippen LogP contribution in [0.5, 0.6) is 0 Å². The van der Waals surface area contributed by atoms with Gasteiger partial charge in [-0.3, -0.25) is 0 Å². The second kappa shape index (κ2) is 3.03. The highest BCUT2D eigenvalue weighted by Gasteiger charge is 2.58. The van der Waals surface area contributed by atoms with Gasteiger partial charge in [0.1, 0.15) is 0 Å². The fourth-order valence-corrected chi connectivity index (χ4v) is 3.23. The Hall–Kier alpha value is -0.920. The van der Waals surface area contributed by atoms with Crippen LogP contribution in [-0.4, -0.2) is 12.1 Å². The van der Waals surface area contributed by atoms with Gasteiger partial charge in [0.25, 0.3) is 0 Å². The molecule has 0 aliphatic heterocycles. The molecule has 1 spiro atoms. The van der Waals surface area contributed by atoms with Crippen molar-refractivity contribution in [1.29, 1.82) is 0 Å². The number of hydrogen-bond acceptors (Lipinski definition) is 2. The largest absolute Gasteiger partial charge is 0.235 e. The fraction of sp³-hybridized carbons (Fsp3) is 0.417. The molecule has 0 N–H and O–H groups in total. The first kappa shape index (κ1) is 9.32. The maximum atomic E-state index is 10.3. The molecule has 0 amide bonds. The van der Waals surface area contributed by atoms with E-state index in [9.17, 15) is 4.79 Å². The number of nitrogens with zero attached hydrogens (tertiary/aromatic N) is 1. The summed E-state index contributed by atoms with van der Waals surface area (Å²) in [4.78, 5) is 14.1. The molecule has 1 aromatic carbocycles. The first-order chi connectivity index (χ1) is 7.26. The minimum Gasteiger partial charge on any atom is -0.211 e. The number of aliphatic imine (C=N–C) groups is 1. The van der Waals surface area contributed by atoms with Crippen LogP contribution in [0.3, 0.4) is 0 Å². The maximum absolute atomic E-state index is 10.3. The molecule has 0 saturated heterocycles. The lowest BCUT2D eigenvalue weighted by atomic mass is 9.98. The van der Waals surface area contributed by atoms with Gasteiger partial charge in [-0.1, -0.05) is 22.0 Å². The van der Waals surface area contributed by atoms with E-state index in [0.717, 1.165) is 23.7 Å². The number of carbonyl (C=O) groups excluding carboxylic acids is 1. The average Bonchev–Trinajstić information content (AvgIpc) is 2.78. The van der Waals surface area contributed by atoms with Gasteiger partial charge in [0, 0.05) is 9.89 Å². The van der Waals surface area contributed by atoms with Crippen LogP contribution in [0.1, 0.15) is 24.0 Å². The van der Waals surface area contributed by atoms with Gasteiger partial charge in [0.05, 0.1) is 6.04 Å². The summed E-state index contributed by atoms with van der Waals surface area (Å²) in [5, 5.41) is 0. The van der Waals surface area contributed by atoms with Crippen LogP contribution in [0.4, 0.5) is 0 Å². The molecule has 15 heavy (non-hydrogen) atoms. The van der Waals surface area contributed by atoms with Gasteiger partial charge >= 0.3 is 0 Å². The zero-order valence-corrected chi connectivity index (χ0v) is 9.75. The molecular formula is C12H10BrNO. The van der Waals surface area contributed by atoms with E-state index in [1.807, 2.05) is 0 Å². The van der Waals surface area contributed by atoms with Gasteiger partial charge in [0.15, 0.2) is 0 Å². The molecule has 2 nitrogen and oxygen atoms in total. The van der Waals surface area contributed by atoms with Crippen molar-refractivity contribution in [2.45, 2.75) is 30.7 Å². The summed E-state index contributed by atoms with van der Waals surface area (Å²) in [6.45, 7) is 0. The molecule has 76 valence electrons. The molecule has 1 saturated carbocycles. The van der Waals surface area contributed by atoms with Crippen molar-refractivity contribution in [2.24, 2.45) is 4.99 Å². The number of aryl methyl sites for hydroxylation is 1. The molecule has 1 aromatic rings. The highest BCUT2D eigenvalue weighted by atomic mass is 79.9. The Labute approximate surface area is 96.5 Å². The molecule has 0 aromatic heterocycles. The van der Waals surface area contributed by atoms with E-state index in [2.05, 4.69) is 39.1 Å². The number of hydrogen-bond donors (Lipinski definition) is 0. The molecule has 3 heteroatoms. The van der Waals surface area contributed by atoms with Gasteiger partial charge in [-0.15, -0.1) is 0 Å². The van der Waals surface area contributed by atoms with Crippen molar-refractivity contribution in [3.05, 3.63) is 33.8 Å². The first-order valence-electron chi connectivity index (χ1n) is 5.12. The second-order valence-electron chi connectivity index (χ2n) is 4.40. The number of halogens is 1. The zero-order chi connectivity index (χ0) is 10.5. The number of fused-ring (bicyclic) bond motifs is 2. The molecule has 0 bridgehead atoms. The van der Waals surface area contributed by atoms with E-state index in [0.29, 0.717) is 0 Å². The lowest BCUT2D eigenvalue weighted by Crippen LogP contribution is -2.06. The Morgan fingerprint density at radius 3 is 3.20 bits per heavy atom. The minimum absolute atomic E-state index is 0.188. The molecule has 2 aliphatic rings. The lowest BCUT2D eigenvalue weighted by molar-refractivity contribution is 0.559. The van der Waals surface area contributed by atoms with E-state index < -0.39 is 0 Å². The third-order valence-electron chi connectivity index (χ3n) is 3.69. The van der Waals surface area contributed by atoms with Gasteiger partial charge in [-0.25, -0.2) is 9.79 Å². The van der Waals surface area contributed by atoms with Gasteiger partial charge in [-0.05, 0) is 42.5 Å². The quantitative estimate of drug-likeness (QED) is 0.566. The van der Waals surface area contributed by atoms with Crippen molar-refractivity contribution in [3.8, 4) is 0 Å². The number of isocyanates is 1.